The van der Waals surface area contributed by atoms with Crippen molar-refractivity contribution >= 4 is 39.0 Å². The Hall–Kier alpha value is -2.95. The first-order valence-corrected chi connectivity index (χ1v) is 9.02. The number of alkyl halides is 3. The van der Waals surface area contributed by atoms with E-state index in [0.717, 1.165) is 32.9 Å². The lowest BCUT2D eigenvalue weighted by Gasteiger charge is -2.13. The summed E-state index contributed by atoms with van der Waals surface area (Å²) in [4.78, 5) is 12.1. The minimum absolute atomic E-state index is 0.182. The average molecular weight is 400 g/mol. The molecule has 1 heterocycles. The van der Waals surface area contributed by atoms with E-state index in [1.165, 1.54) is 26.2 Å². The number of urea groups is 1. The second kappa shape index (κ2) is 6.34. The van der Waals surface area contributed by atoms with Crippen molar-refractivity contribution in [3.63, 3.8) is 0 Å². The number of nitrogens with zero attached hydrogens (tertiary/aromatic N) is 2. The van der Waals surface area contributed by atoms with Crippen molar-refractivity contribution < 1.29 is 26.4 Å². The molecule has 27 heavy (non-hydrogen) atoms. The molecule has 0 bridgehead atoms. The van der Waals surface area contributed by atoms with Crippen molar-refractivity contribution in [2.24, 2.45) is 0 Å². The van der Waals surface area contributed by atoms with Gasteiger partial charge in [-0.1, -0.05) is 0 Å². The smallest absolute Gasteiger partial charge is 0.308 e. The summed E-state index contributed by atoms with van der Waals surface area (Å²) in [6.07, 6.45) is -4.45. The Morgan fingerprint density at radius 3 is 2.00 bits per heavy atom. The van der Waals surface area contributed by atoms with E-state index < -0.39 is 28.0 Å². The van der Waals surface area contributed by atoms with Crippen molar-refractivity contribution in [3.8, 4) is 0 Å². The number of rotatable bonds is 2. The molecule has 2 amide bonds. The second-order valence-electron chi connectivity index (χ2n) is 5.80. The molecule has 144 valence electrons. The number of carbonyl (C=O) groups excluding carboxylic acids is 1. The largest absolute Gasteiger partial charge is 0.416 e. The number of hydrogen-bond acceptors (Lipinski definition) is 3. The molecule has 0 saturated carbocycles. The van der Waals surface area contributed by atoms with Crippen molar-refractivity contribution in [3.05, 3.63) is 48.0 Å². The zero-order valence-corrected chi connectivity index (χ0v) is 15.0. The number of amides is 2. The predicted octanol–water partition coefficient (Wildman–Crippen LogP) is 3.48. The molecule has 0 saturated heterocycles. The third-order valence-corrected chi connectivity index (χ3v) is 5.85. The highest BCUT2D eigenvalue weighted by Gasteiger charge is 2.35. The summed E-state index contributed by atoms with van der Waals surface area (Å²) in [6.45, 7) is 0. The van der Waals surface area contributed by atoms with Gasteiger partial charge >= 0.3 is 22.4 Å². The van der Waals surface area contributed by atoms with Gasteiger partial charge in [0.2, 0.25) is 0 Å². The quantitative estimate of drug-likeness (QED) is 0.810. The maximum atomic E-state index is 12.5. The molecule has 0 spiro atoms. The second-order valence-corrected chi connectivity index (χ2v) is 7.79. The Morgan fingerprint density at radius 2 is 1.41 bits per heavy atom. The van der Waals surface area contributed by atoms with Crippen LogP contribution in [0.2, 0.25) is 0 Å². The summed E-state index contributed by atoms with van der Waals surface area (Å²) in [5.74, 6) is 0. The molecular weight excluding hydrogens is 385 g/mol. The Labute approximate surface area is 153 Å². The van der Waals surface area contributed by atoms with Gasteiger partial charge in [-0.15, -0.1) is 0 Å². The summed E-state index contributed by atoms with van der Waals surface area (Å²) >= 11 is 0. The average Bonchev–Trinajstić information content (AvgIpc) is 2.75. The molecule has 0 atom stereocenters. The molecule has 3 rings (SSSR count). The summed E-state index contributed by atoms with van der Waals surface area (Å²) in [5.41, 5.74) is 0.549. The van der Waals surface area contributed by atoms with Crippen molar-refractivity contribution in [2.45, 2.75) is 6.18 Å². The van der Waals surface area contributed by atoms with Crippen molar-refractivity contribution in [1.29, 1.82) is 0 Å². The standard InChI is InChI=1S/C16H15F3N4O3S/c1-22-13-8-7-12(9-14(13)23(2)27(22,25)26)21-15(24)20-11-5-3-10(4-6-11)16(17,18)19/h3-9H,1-2H3,(H2,20,21,24). The van der Waals surface area contributed by atoms with E-state index in [2.05, 4.69) is 10.6 Å². The highest BCUT2D eigenvalue weighted by molar-refractivity contribution is 7.94. The van der Waals surface area contributed by atoms with Gasteiger partial charge in [-0.25, -0.2) is 4.79 Å². The third kappa shape index (κ3) is 3.50. The number of nitrogens with one attached hydrogen (secondary N) is 2. The monoisotopic (exact) mass is 400 g/mol. The number of fused-ring (bicyclic) bond motifs is 1. The van der Waals surface area contributed by atoms with Crippen LogP contribution in [0.1, 0.15) is 5.56 Å². The SMILES string of the molecule is CN1c2ccc(NC(=O)Nc3ccc(C(F)(F)F)cc3)cc2N(C)S1(=O)=O. The van der Waals surface area contributed by atoms with Gasteiger partial charge in [0.25, 0.3) is 0 Å². The Kier molecular flexibility index (Phi) is 4.42. The van der Waals surface area contributed by atoms with Crippen molar-refractivity contribution in [2.75, 3.05) is 33.3 Å². The van der Waals surface area contributed by atoms with Gasteiger partial charge in [-0.3, -0.25) is 8.61 Å². The van der Waals surface area contributed by atoms with Gasteiger partial charge in [-0.2, -0.15) is 21.6 Å². The third-order valence-electron chi connectivity index (χ3n) is 4.07. The Morgan fingerprint density at radius 1 is 0.889 bits per heavy atom. The molecule has 2 aromatic carbocycles. The highest BCUT2D eigenvalue weighted by atomic mass is 32.2. The molecule has 7 nitrogen and oxygen atoms in total. The van der Waals surface area contributed by atoms with Crippen LogP contribution < -0.4 is 19.2 Å². The fourth-order valence-corrected chi connectivity index (χ4v) is 3.75. The molecule has 0 unspecified atom stereocenters. The predicted molar refractivity (Wildman–Crippen MR) is 96.3 cm³/mol. The van der Waals surface area contributed by atoms with Crippen LogP contribution >= 0.6 is 0 Å². The van der Waals surface area contributed by atoms with Gasteiger partial charge in [0.15, 0.2) is 0 Å². The van der Waals surface area contributed by atoms with Crippen LogP contribution in [0, 0.1) is 0 Å². The lowest BCUT2D eigenvalue weighted by Crippen LogP contribution is -2.32. The fourth-order valence-electron chi connectivity index (χ4n) is 2.59. The Bertz CT molecular complexity index is 991. The van der Waals surface area contributed by atoms with Gasteiger partial charge in [0, 0.05) is 25.5 Å². The highest BCUT2D eigenvalue weighted by Crippen LogP contribution is 2.40. The summed E-state index contributed by atoms with van der Waals surface area (Å²) in [5, 5.41) is 4.93. The van der Waals surface area contributed by atoms with Gasteiger partial charge in [0.1, 0.15) is 0 Å². The lowest BCUT2D eigenvalue weighted by molar-refractivity contribution is -0.137. The lowest BCUT2D eigenvalue weighted by atomic mass is 10.2. The van der Waals surface area contributed by atoms with E-state index >= 15 is 0 Å². The van der Waals surface area contributed by atoms with Gasteiger partial charge < -0.3 is 10.6 Å². The summed E-state index contributed by atoms with van der Waals surface area (Å²) < 4.78 is 64.0. The molecule has 0 aliphatic carbocycles. The first kappa shape index (κ1) is 18.8. The first-order chi connectivity index (χ1) is 12.5. The minimum Gasteiger partial charge on any atom is -0.308 e. The van der Waals surface area contributed by atoms with Gasteiger partial charge in [0.05, 0.1) is 16.9 Å². The summed E-state index contributed by atoms with van der Waals surface area (Å²) in [6, 6.07) is 7.89. The molecule has 2 aromatic rings. The number of halogens is 3. The number of carbonyl (C=O) groups is 1. The Balaban J connectivity index is 1.72. The molecule has 1 aliphatic rings. The maximum absolute atomic E-state index is 12.5. The molecule has 0 fully saturated rings. The first-order valence-electron chi connectivity index (χ1n) is 7.62. The van der Waals surface area contributed by atoms with Crippen LogP contribution in [0.15, 0.2) is 42.5 Å². The van der Waals surface area contributed by atoms with Crippen LogP contribution in [-0.2, 0) is 16.4 Å². The number of anilines is 4. The van der Waals surface area contributed by atoms with Crippen LogP contribution in [-0.4, -0.2) is 28.5 Å². The molecular formula is C16H15F3N4O3S. The van der Waals surface area contributed by atoms with Crippen LogP contribution in [0.5, 0.6) is 0 Å². The van der Waals surface area contributed by atoms with E-state index in [4.69, 9.17) is 0 Å². The number of hydrogen-bond donors (Lipinski definition) is 2. The zero-order valence-electron chi connectivity index (χ0n) is 14.2. The normalized spacial score (nSPS) is 15.4. The van der Waals surface area contributed by atoms with E-state index in [1.54, 1.807) is 6.07 Å². The van der Waals surface area contributed by atoms with E-state index in [9.17, 15) is 26.4 Å². The maximum Gasteiger partial charge on any atom is 0.416 e. The van der Waals surface area contributed by atoms with E-state index in [0.29, 0.717) is 17.1 Å². The molecule has 11 heteroatoms. The van der Waals surface area contributed by atoms with Crippen molar-refractivity contribution in [1.82, 2.24) is 0 Å². The zero-order chi connectivity index (χ0) is 20.0. The van der Waals surface area contributed by atoms with Crippen LogP contribution in [0.3, 0.4) is 0 Å². The topological polar surface area (TPSA) is 81.8 Å². The van der Waals surface area contributed by atoms with Gasteiger partial charge in [-0.05, 0) is 42.5 Å². The molecule has 1 aliphatic heterocycles. The summed E-state index contributed by atoms with van der Waals surface area (Å²) in [7, 11) is -0.815. The van der Waals surface area contributed by atoms with Crippen LogP contribution in [0.25, 0.3) is 0 Å². The van der Waals surface area contributed by atoms with E-state index in [-0.39, 0.29) is 5.69 Å². The molecule has 0 aromatic heterocycles. The van der Waals surface area contributed by atoms with Crippen LogP contribution in [0.4, 0.5) is 40.7 Å². The minimum atomic E-state index is -4.45. The molecule has 0 radical (unpaired) electrons. The number of benzene rings is 2. The molecule has 2 N–H and O–H groups in total. The van der Waals surface area contributed by atoms with E-state index in [1.807, 2.05) is 0 Å². The fraction of sp³-hybridized carbons (Fsp3) is 0.188.